The van der Waals surface area contributed by atoms with E-state index in [0.717, 1.165) is 41.8 Å². The van der Waals surface area contributed by atoms with Gasteiger partial charge in [0.25, 0.3) is 11.5 Å². The number of anilines is 1. The van der Waals surface area contributed by atoms with E-state index in [9.17, 15) is 14.9 Å². The van der Waals surface area contributed by atoms with Gasteiger partial charge in [0.2, 0.25) is 0 Å². The fraction of sp³-hybridized carbons (Fsp3) is 0.467. The molecule has 0 unspecified atom stereocenters. The molecule has 1 aromatic heterocycles. The average molecular weight is 543 g/mol. The van der Waals surface area contributed by atoms with E-state index in [0.29, 0.717) is 15.7 Å². The van der Waals surface area contributed by atoms with Crippen LogP contribution in [-0.4, -0.2) is 41.6 Å². The number of hydrogen-bond donors (Lipinski definition) is 2. The Bertz CT molecular complexity index is 1530. The Balaban J connectivity index is 1.46. The van der Waals surface area contributed by atoms with Gasteiger partial charge in [0.1, 0.15) is 21.8 Å². The summed E-state index contributed by atoms with van der Waals surface area (Å²) in [5.74, 6) is 1.13. The third-order valence-electron chi connectivity index (χ3n) is 7.56. The Hall–Kier alpha value is -3.84. The van der Waals surface area contributed by atoms with Crippen molar-refractivity contribution in [3.8, 4) is 12.1 Å². The van der Waals surface area contributed by atoms with E-state index in [1.54, 1.807) is 25.3 Å². The third kappa shape index (κ3) is 7.39. The van der Waals surface area contributed by atoms with Gasteiger partial charge in [0, 0.05) is 31.5 Å². The van der Waals surface area contributed by atoms with Crippen molar-refractivity contribution in [3.63, 3.8) is 0 Å². The van der Waals surface area contributed by atoms with Gasteiger partial charge in [-0.3, -0.25) is 14.2 Å². The Kier molecular flexibility index (Phi) is 9.97. The number of nitrogens with one attached hydrogen (secondary N) is 2. The summed E-state index contributed by atoms with van der Waals surface area (Å²) in [5, 5.41) is 23.5. The normalized spacial score (nSPS) is 18.4. The standard InChI is InChI=1S/C30H34N6O2S/c1-2-36-28(19-25(20-32)29(37)34-15-13-31)39-27(30(36)38)10-14-33-26-9-5-6-22(18-26)11-16-35-17-12-23-7-3-4-8-24(23)21-35/h5-6,9,14,18,23-24,33H,2-4,7-8,11-12,15-17,21H2,1H3,(H,34,37)/t10?,19?,23-,24-/m1/s1. The molecule has 0 bridgehead atoms. The predicted molar refractivity (Wildman–Crippen MR) is 153 cm³/mol. The van der Waals surface area contributed by atoms with Crippen LogP contribution in [0.15, 0.2) is 40.8 Å². The average Bonchev–Trinajstić information content (AvgIpc) is 3.27. The fourth-order valence-corrected chi connectivity index (χ4v) is 6.48. The number of amides is 1. The maximum absolute atomic E-state index is 12.8. The lowest BCUT2D eigenvalue weighted by Crippen LogP contribution is -2.42. The molecule has 1 aromatic carbocycles. The highest BCUT2D eigenvalue weighted by Gasteiger charge is 2.30. The van der Waals surface area contributed by atoms with E-state index in [-0.39, 0.29) is 17.7 Å². The Morgan fingerprint density at radius 3 is 2.79 bits per heavy atom. The summed E-state index contributed by atoms with van der Waals surface area (Å²) in [6.45, 7) is 5.46. The van der Waals surface area contributed by atoms with Gasteiger partial charge in [-0.2, -0.15) is 10.5 Å². The van der Waals surface area contributed by atoms with Gasteiger partial charge < -0.3 is 15.5 Å². The molecule has 0 spiro atoms. The highest BCUT2D eigenvalue weighted by Crippen LogP contribution is 2.36. The number of fused-ring (bicyclic) bond motifs is 1. The van der Waals surface area contributed by atoms with Crippen molar-refractivity contribution in [1.82, 2.24) is 14.8 Å². The molecule has 2 fully saturated rings. The first kappa shape index (κ1) is 28.2. The monoisotopic (exact) mass is 542 g/mol. The molecule has 39 heavy (non-hydrogen) atoms. The molecule has 9 heteroatoms. The lowest BCUT2D eigenvalue weighted by Gasteiger charge is -2.41. The molecule has 2 N–H and O–H groups in total. The molecule has 2 atom stereocenters. The van der Waals surface area contributed by atoms with Crippen LogP contribution >= 0.6 is 11.3 Å². The summed E-state index contributed by atoms with van der Waals surface area (Å²) in [5.41, 5.74) is 7.36. The largest absolute Gasteiger partial charge is 0.355 e. The lowest BCUT2D eigenvalue weighted by molar-refractivity contribution is -0.116. The number of piperidine rings is 1. The molecule has 1 aliphatic carbocycles. The van der Waals surface area contributed by atoms with Crippen LogP contribution in [0.3, 0.4) is 0 Å². The fourth-order valence-electron chi connectivity index (χ4n) is 5.50. The number of likely N-dealkylation sites (tertiary alicyclic amines) is 1. The maximum atomic E-state index is 12.8. The van der Waals surface area contributed by atoms with Crippen LogP contribution in [-0.2, 0) is 17.8 Å². The molecule has 2 aliphatic rings. The molecule has 4 rings (SSSR count). The van der Waals surface area contributed by atoms with Gasteiger partial charge >= 0.3 is 0 Å². The van der Waals surface area contributed by atoms with Crippen LogP contribution in [0.5, 0.6) is 0 Å². The molecule has 1 saturated heterocycles. The van der Waals surface area contributed by atoms with Crippen molar-refractivity contribution in [2.24, 2.45) is 11.8 Å². The summed E-state index contributed by atoms with van der Waals surface area (Å²) >= 11 is 1.10. The SMILES string of the molecule is CCn1c(=C=C(C#N)C(=O)NCC#N)sc(=C=CNc2cccc(CCN3CC[C@H]4CCCC[C@@H]4C3)c2)c1=O. The van der Waals surface area contributed by atoms with E-state index >= 15 is 0 Å². The van der Waals surface area contributed by atoms with Crippen LogP contribution in [0.25, 0.3) is 11.5 Å². The van der Waals surface area contributed by atoms with Crippen LogP contribution < -0.4 is 25.4 Å². The zero-order chi connectivity index (χ0) is 27.6. The minimum Gasteiger partial charge on any atom is -0.355 e. The number of carbonyl (C=O) groups excluding carboxylic acids is 1. The second-order valence-electron chi connectivity index (χ2n) is 10.0. The zero-order valence-electron chi connectivity index (χ0n) is 22.3. The minimum atomic E-state index is -0.705. The van der Waals surface area contributed by atoms with Gasteiger partial charge in [0.15, 0.2) is 5.57 Å². The predicted octanol–water partition coefficient (Wildman–Crippen LogP) is 2.46. The molecule has 1 saturated carbocycles. The summed E-state index contributed by atoms with van der Waals surface area (Å²) in [6, 6.07) is 11.9. The number of thiazole rings is 1. The van der Waals surface area contributed by atoms with E-state index in [4.69, 9.17) is 5.26 Å². The first-order valence-electron chi connectivity index (χ1n) is 13.6. The molecule has 2 aromatic rings. The first-order valence-corrected chi connectivity index (χ1v) is 14.4. The van der Waals surface area contributed by atoms with Crippen LogP contribution in [0.2, 0.25) is 0 Å². The van der Waals surface area contributed by atoms with Crippen LogP contribution in [0.1, 0.15) is 44.6 Å². The number of hydrogen-bond acceptors (Lipinski definition) is 7. The highest BCUT2D eigenvalue weighted by molar-refractivity contribution is 7.07. The van der Waals surface area contributed by atoms with Gasteiger partial charge in [-0.05, 0) is 62.3 Å². The van der Waals surface area contributed by atoms with E-state index in [1.165, 1.54) is 55.3 Å². The summed E-state index contributed by atoms with van der Waals surface area (Å²) in [4.78, 5) is 27.5. The number of nitriles is 2. The number of benzene rings is 1. The lowest BCUT2D eigenvalue weighted by atomic mass is 9.75. The number of nitrogens with zero attached hydrogens (tertiary/aromatic N) is 4. The van der Waals surface area contributed by atoms with Gasteiger partial charge in [-0.1, -0.05) is 54.2 Å². The van der Waals surface area contributed by atoms with Crippen molar-refractivity contribution in [1.29, 1.82) is 10.5 Å². The first-order chi connectivity index (χ1) is 19.0. The maximum Gasteiger partial charge on any atom is 0.277 e. The second-order valence-corrected chi connectivity index (χ2v) is 11.0. The van der Waals surface area contributed by atoms with E-state index in [1.807, 2.05) is 12.1 Å². The van der Waals surface area contributed by atoms with Crippen LogP contribution in [0, 0.1) is 34.5 Å². The molecule has 202 valence electrons. The molecular formula is C30H34N6O2S. The molecule has 1 aliphatic heterocycles. The number of rotatable bonds is 8. The summed E-state index contributed by atoms with van der Waals surface area (Å²) < 4.78 is 2.12. The summed E-state index contributed by atoms with van der Waals surface area (Å²) in [6.07, 6.45) is 9.57. The van der Waals surface area contributed by atoms with Gasteiger partial charge in [-0.15, -0.1) is 0 Å². The molecule has 2 heterocycles. The second kappa shape index (κ2) is 13.8. The molecule has 8 nitrogen and oxygen atoms in total. The molecule has 0 radical (unpaired) electrons. The van der Waals surface area contributed by atoms with Gasteiger partial charge in [-0.25, -0.2) is 0 Å². The Labute approximate surface area is 232 Å². The van der Waals surface area contributed by atoms with E-state index < -0.39 is 5.91 Å². The van der Waals surface area contributed by atoms with Crippen LogP contribution in [0.4, 0.5) is 5.69 Å². The molecule has 1 amide bonds. The topological polar surface area (TPSA) is 114 Å². The molecular weight excluding hydrogens is 508 g/mol. The minimum absolute atomic E-state index is 0.218. The summed E-state index contributed by atoms with van der Waals surface area (Å²) in [7, 11) is 0. The Morgan fingerprint density at radius 1 is 1.21 bits per heavy atom. The van der Waals surface area contributed by atoms with Crippen molar-refractivity contribution in [3.05, 3.63) is 61.2 Å². The van der Waals surface area contributed by atoms with Crippen molar-refractivity contribution in [2.75, 3.05) is 31.5 Å². The van der Waals surface area contributed by atoms with Crippen molar-refractivity contribution < 1.29 is 4.79 Å². The quantitative estimate of drug-likeness (QED) is 0.301. The van der Waals surface area contributed by atoms with Crippen molar-refractivity contribution >= 4 is 34.4 Å². The Morgan fingerprint density at radius 2 is 2.03 bits per heavy atom. The highest BCUT2D eigenvalue weighted by atomic mass is 32.1. The number of aromatic nitrogens is 1. The van der Waals surface area contributed by atoms with E-state index in [2.05, 4.69) is 39.1 Å². The zero-order valence-corrected chi connectivity index (χ0v) is 23.1. The van der Waals surface area contributed by atoms with Gasteiger partial charge in [0.05, 0.1) is 6.07 Å². The number of carbonyl (C=O) groups is 1. The smallest absolute Gasteiger partial charge is 0.277 e. The third-order valence-corrected chi connectivity index (χ3v) is 8.57. The van der Waals surface area contributed by atoms with Crippen molar-refractivity contribution in [2.45, 2.75) is 52.0 Å².